The number of nitrogens with two attached hydrogens (primary N) is 1. The lowest BCUT2D eigenvalue weighted by Crippen LogP contribution is -2.06. The van der Waals surface area contributed by atoms with Crippen LogP contribution in [-0.4, -0.2) is 5.97 Å². The summed E-state index contributed by atoms with van der Waals surface area (Å²) in [6.07, 6.45) is 0.986. The van der Waals surface area contributed by atoms with Gasteiger partial charge in [0.15, 0.2) is 0 Å². The molecule has 0 aliphatic heterocycles. The summed E-state index contributed by atoms with van der Waals surface area (Å²) in [6.45, 7) is 2.35. The van der Waals surface area contributed by atoms with E-state index in [0.717, 1.165) is 11.3 Å². The lowest BCUT2D eigenvalue weighted by atomic mass is 10.2. The Kier molecular flexibility index (Phi) is 4.45. The van der Waals surface area contributed by atoms with Crippen molar-refractivity contribution in [1.82, 2.24) is 0 Å². The highest BCUT2D eigenvalue weighted by Crippen LogP contribution is 2.22. The average molecular weight is 296 g/mol. The van der Waals surface area contributed by atoms with Gasteiger partial charge in [-0.15, -0.1) is 11.3 Å². The third kappa shape index (κ3) is 3.49. The van der Waals surface area contributed by atoms with Gasteiger partial charge in [-0.25, -0.2) is 4.79 Å². The van der Waals surface area contributed by atoms with E-state index in [1.165, 1.54) is 10.9 Å². The van der Waals surface area contributed by atoms with E-state index in [1.807, 2.05) is 12.1 Å². The van der Waals surface area contributed by atoms with Crippen molar-refractivity contribution in [3.63, 3.8) is 0 Å². The molecule has 0 atom stereocenters. The van der Waals surface area contributed by atoms with Crippen molar-refractivity contribution in [2.75, 3.05) is 5.73 Å². The predicted molar refractivity (Wildman–Crippen MR) is 78.7 cm³/mol. The van der Waals surface area contributed by atoms with Crippen molar-refractivity contribution in [3.05, 3.63) is 50.7 Å². The highest BCUT2D eigenvalue weighted by atomic mass is 35.5. The van der Waals surface area contributed by atoms with Crippen molar-refractivity contribution < 1.29 is 9.53 Å². The number of nitrogen functional groups attached to an aromatic ring is 1. The van der Waals surface area contributed by atoms with Crippen LogP contribution in [0.5, 0.6) is 0 Å². The van der Waals surface area contributed by atoms with Crippen LogP contribution >= 0.6 is 22.9 Å². The first-order valence-corrected chi connectivity index (χ1v) is 7.09. The normalized spacial score (nSPS) is 10.4. The van der Waals surface area contributed by atoms with Gasteiger partial charge in [0.2, 0.25) is 0 Å². The molecule has 0 aliphatic carbocycles. The second-order valence-corrected chi connectivity index (χ2v) is 5.70. The molecule has 0 saturated heterocycles. The molecule has 0 bridgehead atoms. The number of carbonyl (C=O) groups excluding carboxylic acids is 1. The van der Waals surface area contributed by atoms with Gasteiger partial charge in [-0.05, 0) is 36.8 Å². The van der Waals surface area contributed by atoms with Gasteiger partial charge >= 0.3 is 5.97 Å². The van der Waals surface area contributed by atoms with Crippen LogP contribution in [0.15, 0.2) is 30.3 Å². The summed E-state index contributed by atoms with van der Waals surface area (Å²) in [4.78, 5) is 14.2. The number of aryl methyl sites for hydroxylation is 1. The molecule has 0 saturated carbocycles. The van der Waals surface area contributed by atoms with Crippen LogP contribution in [0.1, 0.15) is 27.0 Å². The Morgan fingerprint density at radius 1 is 1.32 bits per heavy atom. The highest BCUT2D eigenvalue weighted by molar-refractivity contribution is 7.11. The maximum absolute atomic E-state index is 11.9. The molecular weight excluding hydrogens is 282 g/mol. The predicted octanol–water partition coefficient (Wildman–Crippen LogP) is 3.90. The molecule has 0 aliphatic rings. The molecule has 1 aromatic heterocycles. The molecule has 0 radical (unpaired) electrons. The van der Waals surface area contributed by atoms with Crippen molar-refractivity contribution in [1.29, 1.82) is 0 Å². The van der Waals surface area contributed by atoms with Crippen LogP contribution in [0.4, 0.5) is 5.69 Å². The number of anilines is 1. The van der Waals surface area contributed by atoms with Crippen LogP contribution < -0.4 is 5.73 Å². The number of hydrogen-bond acceptors (Lipinski definition) is 4. The lowest BCUT2D eigenvalue weighted by molar-refractivity contribution is 0.0477. The molecule has 0 amide bonds. The van der Waals surface area contributed by atoms with Crippen LogP contribution in [0.3, 0.4) is 0 Å². The number of rotatable bonds is 4. The molecule has 0 spiro atoms. The highest BCUT2D eigenvalue weighted by Gasteiger charge is 2.12. The summed E-state index contributed by atoms with van der Waals surface area (Å²) in [6, 6.07) is 8.77. The number of esters is 1. The Labute approximate surface area is 121 Å². The second kappa shape index (κ2) is 6.08. The second-order valence-electron chi connectivity index (χ2n) is 4.04. The Hall–Kier alpha value is -1.52. The largest absolute Gasteiger partial charge is 0.456 e. The minimum Gasteiger partial charge on any atom is -0.456 e. The fraction of sp³-hybridized carbons (Fsp3) is 0.214. The van der Waals surface area contributed by atoms with E-state index in [-0.39, 0.29) is 6.61 Å². The molecule has 2 aromatic rings. The Morgan fingerprint density at radius 2 is 2.05 bits per heavy atom. The number of hydrogen-bond donors (Lipinski definition) is 1. The molecule has 1 aromatic carbocycles. The van der Waals surface area contributed by atoms with Crippen molar-refractivity contribution in [3.8, 4) is 0 Å². The number of ether oxygens (including phenoxy) is 1. The Bertz CT molecular complexity index is 595. The van der Waals surface area contributed by atoms with Gasteiger partial charge in [0.25, 0.3) is 0 Å². The van der Waals surface area contributed by atoms with E-state index >= 15 is 0 Å². The van der Waals surface area contributed by atoms with Gasteiger partial charge in [-0.1, -0.05) is 18.5 Å². The van der Waals surface area contributed by atoms with Crippen LogP contribution in [0.2, 0.25) is 5.02 Å². The van der Waals surface area contributed by atoms with Gasteiger partial charge in [-0.3, -0.25) is 0 Å². The molecule has 3 nitrogen and oxygen atoms in total. The average Bonchev–Trinajstić information content (AvgIpc) is 2.87. The minimum atomic E-state index is -0.455. The zero-order valence-electron chi connectivity index (χ0n) is 10.5. The molecule has 19 heavy (non-hydrogen) atoms. The summed E-state index contributed by atoms with van der Waals surface area (Å²) in [5, 5.41) is 0.347. The van der Waals surface area contributed by atoms with E-state index in [9.17, 15) is 4.79 Å². The smallest absolute Gasteiger partial charge is 0.340 e. The van der Waals surface area contributed by atoms with Gasteiger partial charge < -0.3 is 10.5 Å². The van der Waals surface area contributed by atoms with Crippen LogP contribution in [-0.2, 0) is 17.8 Å². The molecule has 0 unspecified atom stereocenters. The van der Waals surface area contributed by atoms with Gasteiger partial charge in [-0.2, -0.15) is 0 Å². The van der Waals surface area contributed by atoms with E-state index in [0.29, 0.717) is 16.3 Å². The lowest BCUT2D eigenvalue weighted by Gasteiger charge is -2.06. The van der Waals surface area contributed by atoms with Gasteiger partial charge in [0, 0.05) is 15.4 Å². The fourth-order valence-electron chi connectivity index (χ4n) is 1.60. The zero-order valence-corrected chi connectivity index (χ0v) is 12.1. The third-order valence-electron chi connectivity index (χ3n) is 2.62. The number of benzene rings is 1. The molecule has 100 valence electrons. The van der Waals surface area contributed by atoms with Crippen LogP contribution in [0, 0.1) is 0 Å². The van der Waals surface area contributed by atoms with Crippen molar-refractivity contribution in [2.24, 2.45) is 0 Å². The summed E-state index contributed by atoms with van der Waals surface area (Å²) >= 11 is 7.59. The fourth-order valence-corrected chi connectivity index (χ4v) is 2.67. The summed E-state index contributed by atoms with van der Waals surface area (Å²) in [7, 11) is 0. The van der Waals surface area contributed by atoms with E-state index < -0.39 is 5.97 Å². The zero-order chi connectivity index (χ0) is 13.8. The van der Waals surface area contributed by atoms with Crippen LogP contribution in [0.25, 0.3) is 0 Å². The summed E-state index contributed by atoms with van der Waals surface area (Å²) < 4.78 is 5.24. The molecule has 5 heteroatoms. The minimum absolute atomic E-state index is 0.259. The summed E-state index contributed by atoms with van der Waals surface area (Å²) in [5.74, 6) is -0.455. The first-order chi connectivity index (χ1) is 9.10. The number of carbonyl (C=O) groups is 1. The molecule has 1 heterocycles. The molecule has 2 N–H and O–H groups in total. The molecule has 2 rings (SSSR count). The topological polar surface area (TPSA) is 52.3 Å². The van der Waals surface area contributed by atoms with E-state index in [2.05, 4.69) is 6.92 Å². The maximum Gasteiger partial charge on any atom is 0.340 e. The van der Waals surface area contributed by atoms with E-state index in [1.54, 1.807) is 23.5 Å². The SMILES string of the molecule is CCc1ccc(COC(=O)c2cc(N)ccc2Cl)s1. The standard InChI is InChI=1S/C14H14ClNO2S/c1-2-10-4-5-11(19-10)8-18-14(17)12-7-9(16)3-6-13(12)15/h3-7H,2,8,16H2,1H3. The third-order valence-corrected chi connectivity index (χ3v) is 4.15. The maximum atomic E-state index is 11.9. The molecular formula is C14H14ClNO2S. The van der Waals surface area contributed by atoms with Gasteiger partial charge in [0.1, 0.15) is 6.61 Å². The summed E-state index contributed by atoms with van der Waals surface area (Å²) in [5.41, 5.74) is 6.42. The van der Waals surface area contributed by atoms with E-state index in [4.69, 9.17) is 22.1 Å². The first-order valence-electron chi connectivity index (χ1n) is 5.90. The van der Waals surface area contributed by atoms with Crippen molar-refractivity contribution in [2.45, 2.75) is 20.0 Å². The number of thiophene rings is 1. The quantitative estimate of drug-likeness (QED) is 0.687. The van der Waals surface area contributed by atoms with Gasteiger partial charge in [0.05, 0.1) is 10.6 Å². The van der Waals surface area contributed by atoms with Crippen molar-refractivity contribution >= 4 is 34.6 Å². The Morgan fingerprint density at radius 3 is 2.74 bits per heavy atom. The Balaban J connectivity index is 2.03. The first kappa shape index (κ1) is 13.9. The monoisotopic (exact) mass is 295 g/mol. The number of halogens is 1. The molecule has 0 fully saturated rings.